The maximum atomic E-state index is 12.5. The Balaban J connectivity index is 1.58. The number of esters is 1. The lowest BCUT2D eigenvalue weighted by Crippen LogP contribution is -2.49. The summed E-state index contributed by atoms with van der Waals surface area (Å²) in [5, 5.41) is 9.21. The molecule has 23 heavy (non-hydrogen) atoms. The first-order chi connectivity index (χ1) is 11.0. The zero-order chi connectivity index (χ0) is 16.3. The molecule has 0 amide bonds. The van der Waals surface area contributed by atoms with E-state index in [0.29, 0.717) is 0 Å². The van der Waals surface area contributed by atoms with Crippen LogP contribution in [0.4, 0.5) is 0 Å². The number of carbonyl (C=O) groups is 2. The molecule has 4 fully saturated rings. The van der Waals surface area contributed by atoms with Crippen molar-refractivity contribution < 1.29 is 28.9 Å². The smallest absolute Gasteiger partial charge is 0.339 e. The Morgan fingerprint density at radius 1 is 0.957 bits per heavy atom. The van der Waals surface area contributed by atoms with E-state index in [9.17, 15) is 14.7 Å². The SMILES string of the molecule is C[C@@H]1[C@@H]2OC3[C@@H](OC(=O)c4ccccc4C(=O)O)[C@H]1O[C@@H]3[C@H]2C. The lowest BCUT2D eigenvalue weighted by Gasteiger charge is -2.38. The zero-order valence-corrected chi connectivity index (χ0v) is 12.8. The minimum absolute atomic E-state index is 0.0475. The fourth-order valence-corrected chi connectivity index (χ4v) is 4.16. The molecule has 1 aromatic carbocycles. The van der Waals surface area contributed by atoms with Crippen molar-refractivity contribution in [3.63, 3.8) is 0 Å². The summed E-state index contributed by atoms with van der Waals surface area (Å²) in [5.41, 5.74) is -0.00812. The molecule has 4 aliphatic heterocycles. The summed E-state index contributed by atoms with van der Waals surface area (Å²) in [4.78, 5) is 23.7. The number of hydrogen-bond acceptors (Lipinski definition) is 5. The Morgan fingerprint density at radius 2 is 1.57 bits per heavy atom. The number of carboxylic acid groups (broad SMARTS) is 1. The molecule has 5 rings (SSSR count). The largest absolute Gasteiger partial charge is 0.478 e. The van der Waals surface area contributed by atoms with Gasteiger partial charge in [0.25, 0.3) is 0 Å². The number of aromatic carboxylic acids is 1. The molecule has 1 unspecified atom stereocenters. The van der Waals surface area contributed by atoms with Gasteiger partial charge < -0.3 is 19.3 Å². The Kier molecular flexibility index (Phi) is 3.21. The molecule has 4 heterocycles. The van der Waals surface area contributed by atoms with E-state index in [1.54, 1.807) is 12.1 Å². The van der Waals surface area contributed by atoms with Gasteiger partial charge in [-0.2, -0.15) is 0 Å². The first-order valence-electron chi connectivity index (χ1n) is 7.83. The summed E-state index contributed by atoms with van der Waals surface area (Å²) in [5.74, 6) is -1.37. The molecule has 0 spiro atoms. The molecule has 4 saturated heterocycles. The second kappa shape index (κ2) is 5.04. The number of ether oxygens (including phenoxy) is 3. The maximum absolute atomic E-state index is 12.5. The second-order valence-electron chi connectivity index (χ2n) is 6.57. The number of benzene rings is 1. The highest BCUT2D eigenvalue weighted by molar-refractivity contribution is 6.02. The van der Waals surface area contributed by atoms with Gasteiger partial charge in [-0.15, -0.1) is 0 Å². The topological polar surface area (TPSA) is 82.1 Å². The first-order valence-corrected chi connectivity index (χ1v) is 7.83. The van der Waals surface area contributed by atoms with Crippen molar-refractivity contribution in [3.05, 3.63) is 35.4 Å². The van der Waals surface area contributed by atoms with Gasteiger partial charge >= 0.3 is 11.9 Å². The van der Waals surface area contributed by atoms with Crippen LogP contribution in [0.25, 0.3) is 0 Å². The average molecular weight is 318 g/mol. The van der Waals surface area contributed by atoms with Crippen LogP contribution in [0.5, 0.6) is 0 Å². The van der Waals surface area contributed by atoms with Crippen molar-refractivity contribution in [1.29, 1.82) is 0 Å². The summed E-state index contributed by atoms with van der Waals surface area (Å²) in [6.07, 6.45) is -0.817. The van der Waals surface area contributed by atoms with Gasteiger partial charge in [0.1, 0.15) is 12.2 Å². The number of rotatable bonds is 3. The molecule has 4 aliphatic rings. The third kappa shape index (κ3) is 2.01. The summed E-state index contributed by atoms with van der Waals surface area (Å²) in [7, 11) is 0. The Labute approximate surface area is 133 Å². The summed E-state index contributed by atoms with van der Waals surface area (Å²) >= 11 is 0. The van der Waals surface area contributed by atoms with E-state index in [1.807, 2.05) is 6.92 Å². The molecule has 7 atom stereocenters. The van der Waals surface area contributed by atoms with E-state index in [1.165, 1.54) is 12.1 Å². The van der Waals surface area contributed by atoms with Crippen molar-refractivity contribution in [2.24, 2.45) is 11.8 Å². The molecule has 1 N–H and O–H groups in total. The fourth-order valence-electron chi connectivity index (χ4n) is 4.16. The lowest BCUT2D eigenvalue weighted by atomic mass is 9.87. The normalized spacial score (nSPS) is 40.3. The maximum Gasteiger partial charge on any atom is 0.339 e. The highest BCUT2D eigenvalue weighted by Crippen LogP contribution is 2.50. The van der Waals surface area contributed by atoms with Crippen molar-refractivity contribution in [2.75, 3.05) is 0 Å². The van der Waals surface area contributed by atoms with Gasteiger partial charge in [-0.3, -0.25) is 0 Å². The van der Waals surface area contributed by atoms with Crippen LogP contribution in [0, 0.1) is 11.8 Å². The van der Waals surface area contributed by atoms with E-state index in [4.69, 9.17) is 14.2 Å². The van der Waals surface area contributed by atoms with E-state index in [-0.39, 0.29) is 47.4 Å². The number of carbonyl (C=O) groups excluding carboxylic acids is 1. The van der Waals surface area contributed by atoms with E-state index >= 15 is 0 Å². The van der Waals surface area contributed by atoms with Gasteiger partial charge in [-0.25, -0.2) is 9.59 Å². The van der Waals surface area contributed by atoms with Crippen molar-refractivity contribution >= 4 is 11.9 Å². The average Bonchev–Trinajstić information content (AvgIpc) is 2.96. The van der Waals surface area contributed by atoms with Gasteiger partial charge in [0.2, 0.25) is 0 Å². The van der Waals surface area contributed by atoms with Crippen molar-refractivity contribution in [1.82, 2.24) is 0 Å². The van der Waals surface area contributed by atoms with Gasteiger partial charge in [-0.1, -0.05) is 26.0 Å². The third-order valence-corrected chi connectivity index (χ3v) is 5.29. The molecule has 122 valence electrons. The highest BCUT2D eigenvalue weighted by Gasteiger charge is 2.65. The van der Waals surface area contributed by atoms with Crippen molar-refractivity contribution in [2.45, 2.75) is 44.4 Å². The van der Waals surface area contributed by atoms with E-state index in [0.717, 1.165) is 0 Å². The third-order valence-electron chi connectivity index (χ3n) is 5.29. The predicted molar refractivity (Wildman–Crippen MR) is 78.3 cm³/mol. The van der Waals surface area contributed by atoms with Crippen LogP contribution in [0.15, 0.2) is 24.3 Å². The molecule has 0 aromatic heterocycles. The van der Waals surface area contributed by atoms with Crippen LogP contribution in [-0.2, 0) is 14.2 Å². The first kappa shape index (κ1) is 14.7. The van der Waals surface area contributed by atoms with Crippen LogP contribution >= 0.6 is 0 Å². The van der Waals surface area contributed by atoms with E-state index in [2.05, 4.69) is 6.92 Å². The molecule has 0 radical (unpaired) electrons. The summed E-state index contributed by atoms with van der Waals surface area (Å²) in [6, 6.07) is 6.05. The molecule has 6 nitrogen and oxygen atoms in total. The second-order valence-corrected chi connectivity index (χ2v) is 6.57. The molecular weight excluding hydrogens is 300 g/mol. The minimum Gasteiger partial charge on any atom is -0.478 e. The Bertz CT molecular complexity index is 667. The Morgan fingerprint density at radius 3 is 2.26 bits per heavy atom. The van der Waals surface area contributed by atoms with Crippen LogP contribution < -0.4 is 0 Å². The quantitative estimate of drug-likeness (QED) is 0.855. The molecule has 1 aromatic rings. The summed E-state index contributed by atoms with van der Waals surface area (Å²) in [6.45, 7) is 4.13. The van der Waals surface area contributed by atoms with Crippen LogP contribution in [0.3, 0.4) is 0 Å². The minimum atomic E-state index is -1.15. The predicted octanol–water partition coefficient (Wildman–Crippen LogP) is 1.73. The molecule has 4 bridgehead atoms. The van der Waals surface area contributed by atoms with Crippen LogP contribution in [0.2, 0.25) is 0 Å². The van der Waals surface area contributed by atoms with Crippen LogP contribution in [-0.4, -0.2) is 47.6 Å². The molecule has 6 heteroatoms. The lowest BCUT2D eigenvalue weighted by molar-refractivity contribution is -0.152. The van der Waals surface area contributed by atoms with Gasteiger partial charge in [0, 0.05) is 11.8 Å². The fraction of sp³-hybridized carbons (Fsp3) is 0.529. The highest BCUT2D eigenvalue weighted by atomic mass is 16.6. The molecule has 0 aliphatic carbocycles. The standard InChI is InChI=1S/C17H18O6/c1-7-11-8(2)13-15(14(21-11)12(7)22-13)23-17(20)10-6-4-3-5-9(10)16(18)19/h3-8,11-15H,1-2H3,(H,18,19)/t7-,8+,11+,12+,13-,14?,15-/m0/s1. The van der Waals surface area contributed by atoms with Crippen LogP contribution in [0.1, 0.15) is 34.6 Å². The number of hydrogen-bond donors (Lipinski definition) is 1. The van der Waals surface area contributed by atoms with Gasteiger partial charge in [0.15, 0.2) is 6.10 Å². The van der Waals surface area contributed by atoms with E-state index < -0.39 is 18.0 Å². The zero-order valence-electron chi connectivity index (χ0n) is 12.8. The van der Waals surface area contributed by atoms with Gasteiger partial charge in [0.05, 0.1) is 23.3 Å². The summed E-state index contributed by atoms with van der Waals surface area (Å²) < 4.78 is 17.6. The monoisotopic (exact) mass is 318 g/mol. The Hall–Kier alpha value is -1.92. The number of carboxylic acids is 1. The molecular formula is C17H18O6. The van der Waals surface area contributed by atoms with Gasteiger partial charge in [-0.05, 0) is 12.1 Å². The van der Waals surface area contributed by atoms with Crippen molar-refractivity contribution in [3.8, 4) is 0 Å². The molecule has 0 saturated carbocycles.